The number of nitrogens with one attached hydrogen (secondary N) is 1. The van der Waals surface area contributed by atoms with Crippen LogP contribution in [0.3, 0.4) is 0 Å². The number of carbonyl (C=O) groups is 1. The van der Waals surface area contributed by atoms with E-state index in [2.05, 4.69) is 20.2 Å². The molecule has 2 aromatic heterocycles. The largest absolute Gasteiger partial charge is 0.497 e. The lowest BCUT2D eigenvalue weighted by molar-refractivity contribution is -0.113. The molecule has 0 spiro atoms. The topological polar surface area (TPSA) is 98.6 Å². The summed E-state index contributed by atoms with van der Waals surface area (Å²) in [7, 11) is 3.10. The summed E-state index contributed by atoms with van der Waals surface area (Å²) in [5.74, 6) is 1.03. The minimum absolute atomic E-state index is 0.0978. The zero-order valence-corrected chi connectivity index (χ0v) is 19.8. The van der Waals surface area contributed by atoms with E-state index < -0.39 is 0 Å². The van der Waals surface area contributed by atoms with Crippen LogP contribution in [-0.4, -0.2) is 53.5 Å². The fraction of sp³-hybridized carbons (Fsp3) is 0.429. The molecule has 1 fully saturated rings. The van der Waals surface area contributed by atoms with Gasteiger partial charge in [-0.25, -0.2) is 4.98 Å². The van der Waals surface area contributed by atoms with Crippen LogP contribution < -0.4 is 25.2 Å². The number of hydrogen-bond acceptors (Lipinski definition) is 9. The second-order valence-electron chi connectivity index (χ2n) is 7.23. The fourth-order valence-electron chi connectivity index (χ4n) is 3.52. The van der Waals surface area contributed by atoms with E-state index in [9.17, 15) is 9.59 Å². The van der Waals surface area contributed by atoms with E-state index in [-0.39, 0.29) is 17.2 Å². The number of hydrogen-bond donors (Lipinski definition) is 1. The lowest BCUT2D eigenvalue weighted by atomic mass is 10.2. The molecule has 0 aliphatic carbocycles. The average molecular weight is 476 g/mol. The predicted octanol–water partition coefficient (Wildman–Crippen LogP) is 3.22. The molecule has 0 atom stereocenters. The van der Waals surface area contributed by atoms with Crippen molar-refractivity contribution in [1.82, 2.24) is 14.5 Å². The Labute approximate surface area is 193 Å². The number of amides is 1. The Hall–Kier alpha value is -2.79. The maximum absolute atomic E-state index is 13.0. The Bertz CT molecular complexity index is 1160. The van der Waals surface area contributed by atoms with Gasteiger partial charge in [-0.05, 0) is 19.8 Å². The summed E-state index contributed by atoms with van der Waals surface area (Å²) in [6, 6.07) is 5.16. The van der Waals surface area contributed by atoms with E-state index in [0.717, 1.165) is 31.1 Å². The summed E-state index contributed by atoms with van der Waals surface area (Å²) in [5, 5.41) is 4.17. The number of rotatable bonds is 8. The Morgan fingerprint density at radius 3 is 2.47 bits per heavy atom. The number of methoxy groups -OCH3 is 2. The first kappa shape index (κ1) is 22.4. The van der Waals surface area contributed by atoms with Crippen LogP contribution in [0.2, 0.25) is 0 Å². The molecule has 1 saturated heterocycles. The van der Waals surface area contributed by atoms with Crippen molar-refractivity contribution in [2.75, 3.05) is 43.3 Å². The summed E-state index contributed by atoms with van der Waals surface area (Å²) < 4.78 is 12.6. The molecule has 170 valence electrons. The van der Waals surface area contributed by atoms with E-state index in [0.29, 0.717) is 39.2 Å². The van der Waals surface area contributed by atoms with Crippen molar-refractivity contribution in [3.05, 3.63) is 28.6 Å². The van der Waals surface area contributed by atoms with Gasteiger partial charge in [0.05, 0.1) is 20.0 Å². The Balaban J connectivity index is 1.52. The number of anilines is 2. The van der Waals surface area contributed by atoms with Crippen molar-refractivity contribution in [3.63, 3.8) is 0 Å². The van der Waals surface area contributed by atoms with Crippen LogP contribution in [0.25, 0.3) is 10.3 Å². The van der Waals surface area contributed by atoms with Gasteiger partial charge in [0.2, 0.25) is 5.91 Å². The van der Waals surface area contributed by atoms with Crippen molar-refractivity contribution in [2.45, 2.75) is 31.5 Å². The van der Waals surface area contributed by atoms with Crippen LogP contribution in [0.4, 0.5) is 10.8 Å². The minimum atomic E-state index is -0.224. The van der Waals surface area contributed by atoms with E-state index in [1.54, 1.807) is 37.0 Å². The van der Waals surface area contributed by atoms with Crippen LogP contribution >= 0.6 is 23.1 Å². The normalized spacial score (nSPS) is 13.5. The number of carbonyl (C=O) groups excluding carboxylic acids is 1. The minimum Gasteiger partial charge on any atom is -0.497 e. The van der Waals surface area contributed by atoms with Crippen molar-refractivity contribution in [2.24, 2.45) is 0 Å². The lowest BCUT2D eigenvalue weighted by Gasteiger charge is -2.11. The number of ether oxygens (including phenoxy) is 2. The summed E-state index contributed by atoms with van der Waals surface area (Å²) in [4.78, 5) is 37.0. The number of benzene rings is 1. The Morgan fingerprint density at radius 2 is 1.84 bits per heavy atom. The maximum Gasteiger partial charge on any atom is 0.273 e. The summed E-state index contributed by atoms with van der Waals surface area (Å²) in [5.41, 5.74) is 0.908. The van der Waals surface area contributed by atoms with Gasteiger partial charge in [-0.15, -0.1) is 0 Å². The van der Waals surface area contributed by atoms with Gasteiger partial charge in [-0.1, -0.05) is 23.1 Å². The smallest absolute Gasteiger partial charge is 0.273 e. The Morgan fingerprint density at radius 1 is 1.16 bits per heavy atom. The summed E-state index contributed by atoms with van der Waals surface area (Å²) in [6.07, 6.45) is 2.27. The maximum atomic E-state index is 13.0. The highest BCUT2D eigenvalue weighted by Gasteiger charge is 2.21. The van der Waals surface area contributed by atoms with Crippen LogP contribution in [0, 0.1) is 0 Å². The van der Waals surface area contributed by atoms with Gasteiger partial charge in [0, 0.05) is 43.5 Å². The van der Waals surface area contributed by atoms with Gasteiger partial charge in [0.25, 0.3) is 5.56 Å². The molecule has 0 bridgehead atoms. The molecule has 3 heterocycles. The molecule has 1 aromatic carbocycles. The highest BCUT2D eigenvalue weighted by Crippen LogP contribution is 2.30. The fourth-order valence-corrected chi connectivity index (χ4v) is 5.37. The van der Waals surface area contributed by atoms with Crippen molar-refractivity contribution in [3.8, 4) is 11.5 Å². The number of thioether (sulfide) groups is 1. The third-order valence-electron chi connectivity index (χ3n) is 5.13. The quantitative estimate of drug-likeness (QED) is 0.392. The SMILES string of the molecule is CCn1c(SCC(=O)Nc2cc(OC)cc(OC)c2)nc2nc(N3CCCC3)sc2c1=O. The van der Waals surface area contributed by atoms with Gasteiger partial charge in [-0.2, -0.15) is 4.98 Å². The average Bonchev–Trinajstić information content (AvgIpc) is 3.47. The first-order chi connectivity index (χ1) is 15.5. The van der Waals surface area contributed by atoms with Gasteiger partial charge in [0.1, 0.15) is 16.2 Å². The number of thiazole rings is 1. The zero-order chi connectivity index (χ0) is 22.7. The van der Waals surface area contributed by atoms with Crippen LogP contribution in [-0.2, 0) is 11.3 Å². The van der Waals surface area contributed by atoms with E-state index >= 15 is 0 Å². The van der Waals surface area contributed by atoms with E-state index in [1.165, 1.54) is 23.1 Å². The molecule has 11 heteroatoms. The van der Waals surface area contributed by atoms with Crippen LogP contribution in [0.15, 0.2) is 28.2 Å². The monoisotopic (exact) mass is 475 g/mol. The number of nitrogens with zero attached hydrogens (tertiary/aromatic N) is 4. The standard InChI is InChI=1S/C21H25N5O4S2/c1-4-26-19(28)17-18(23-20(32-17)25-7-5-6-8-25)24-21(26)31-12-16(27)22-13-9-14(29-2)11-15(10-13)30-3/h9-11H,4-8,12H2,1-3H3,(H,22,27). The molecule has 3 aromatic rings. The Kier molecular flexibility index (Phi) is 6.85. The zero-order valence-electron chi connectivity index (χ0n) is 18.2. The molecule has 1 aliphatic rings. The molecule has 32 heavy (non-hydrogen) atoms. The van der Waals surface area contributed by atoms with Gasteiger partial charge >= 0.3 is 0 Å². The predicted molar refractivity (Wildman–Crippen MR) is 128 cm³/mol. The number of aromatic nitrogens is 3. The molecule has 0 saturated carbocycles. The van der Waals surface area contributed by atoms with Crippen molar-refractivity contribution in [1.29, 1.82) is 0 Å². The van der Waals surface area contributed by atoms with Crippen LogP contribution in [0.5, 0.6) is 11.5 Å². The second-order valence-corrected chi connectivity index (χ2v) is 9.15. The van der Waals surface area contributed by atoms with E-state index in [1.807, 2.05) is 6.92 Å². The molecule has 1 amide bonds. The molecule has 0 radical (unpaired) electrons. The summed E-state index contributed by atoms with van der Waals surface area (Å²) in [6.45, 7) is 4.27. The third kappa shape index (κ3) is 4.68. The van der Waals surface area contributed by atoms with Crippen LogP contribution in [0.1, 0.15) is 19.8 Å². The first-order valence-corrected chi connectivity index (χ1v) is 12.1. The molecular weight excluding hydrogens is 450 g/mol. The number of fused-ring (bicyclic) bond motifs is 1. The summed E-state index contributed by atoms with van der Waals surface area (Å²) >= 11 is 2.62. The highest BCUT2D eigenvalue weighted by atomic mass is 32.2. The molecule has 9 nitrogen and oxygen atoms in total. The van der Waals surface area contributed by atoms with Crippen molar-refractivity contribution >= 4 is 50.2 Å². The van der Waals surface area contributed by atoms with Gasteiger partial charge in [0.15, 0.2) is 15.9 Å². The second kappa shape index (κ2) is 9.78. The molecule has 1 aliphatic heterocycles. The van der Waals surface area contributed by atoms with Gasteiger partial charge in [-0.3, -0.25) is 14.2 Å². The van der Waals surface area contributed by atoms with Gasteiger partial charge < -0.3 is 19.7 Å². The molecule has 0 unspecified atom stereocenters. The first-order valence-electron chi connectivity index (χ1n) is 10.3. The van der Waals surface area contributed by atoms with Crippen molar-refractivity contribution < 1.29 is 14.3 Å². The lowest BCUT2D eigenvalue weighted by Crippen LogP contribution is -2.23. The molecule has 4 rings (SSSR count). The third-order valence-corrected chi connectivity index (χ3v) is 7.20. The molecular formula is C21H25N5O4S2. The highest BCUT2D eigenvalue weighted by molar-refractivity contribution is 7.99. The van der Waals surface area contributed by atoms with E-state index in [4.69, 9.17) is 9.47 Å². The molecule has 1 N–H and O–H groups in total.